The van der Waals surface area contributed by atoms with Gasteiger partial charge in [0.1, 0.15) is 9.21 Å². The molecule has 0 aliphatic carbocycles. The molecule has 2 N–H and O–H groups in total. The first-order valence-electron chi connectivity index (χ1n) is 1.86. The van der Waals surface area contributed by atoms with Crippen LogP contribution >= 0.6 is 31.9 Å². The van der Waals surface area contributed by atoms with Crippen molar-refractivity contribution >= 4 is 31.9 Å². The summed E-state index contributed by atoms with van der Waals surface area (Å²) in [6, 6.07) is 1.76. The van der Waals surface area contributed by atoms with Crippen molar-refractivity contribution in [1.29, 1.82) is 0 Å². The Morgan fingerprint density at radius 1 is 1.62 bits per heavy atom. The second kappa shape index (κ2) is 2.06. The molecule has 0 spiro atoms. The maximum Gasteiger partial charge on any atom is 0.131 e. The van der Waals surface area contributed by atoms with Crippen LogP contribution in [-0.4, -0.2) is 9.89 Å². The molecule has 1 aromatic heterocycles. The molecule has 1 heterocycles. The first kappa shape index (κ1) is 6.10. The Labute approximate surface area is 63.1 Å². The zero-order valence-corrected chi connectivity index (χ0v) is 6.98. The molecule has 0 saturated heterocycles. The van der Waals surface area contributed by atoms with Crippen LogP contribution in [0.5, 0.6) is 0 Å². The summed E-state index contributed by atoms with van der Waals surface area (Å²) in [7, 11) is 0. The first-order chi connectivity index (χ1) is 3.70. The quantitative estimate of drug-likeness (QED) is 0.691. The van der Waals surface area contributed by atoms with Crippen LogP contribution in [0.3, 0.4) is 0 Å². The van der Waals surface area contributed by atoms with Gasteiger partial charge in [0.25, 0.3) is 0 Å². The van der Waals surface area contributed by atoms with E-state index in [1.54, 1.807) is 6.07 Å². The van der Waals surface area contributed by atoms with E-state index in [-0.39, 0.29) is 0 Å². The van der Waals surface area contributed by atoms with Gasteiger partial charge in [-0.25, -0.2) is 0 Å². The fraction of sp³-hybridized carbons (Fsp3) is 0. The third-order valence-electron chi connectivity index (χ3n) is 0.660. The molecule has 0 bridgehead atoms. The van der Waals surface area contributed by atoms with Gasteiger partial charge >= 0.3 is 0 Å². The Bertz CT molecular complexity index is 175. The second-order valence-electron chi connectivity index (χ2n) is 1.23. The lowest BCUT2D eigenvalue weighted by molar-refractivity contribution is 0.805. The fourth-order valence-electron chi connectivity index (χ4n) is 0.344. The van der Waals surface area contributed by atoms with Crippen LogP contribution in [0, 0.1) is 0 Å². The van der Waals surface area contributed by atoms with Gasteiger partial charge in [-0.15, -0.1) is 5.10 Å². The lowest BCUT2D eigenvalue weighted by Gasteiger charge is -1.86. The third-order valence-corrected chi connectivity index (χ3v) is 1.64. The SMILES string of the molecule is Nn1nc(Br)cc1Br. The van der Waals surface area contributed by atoms with Crippen molar-refractivity contribution in [1.82, 2.24) is 9.89 Å². The molecule has 5 heteroatoms. The Morgan fingerprint density at radius 2 is 2.25 bits per heavy atom. The van der Waals surface area contributed by atoms with Gasteiger partial charge in [0.05, 0.1) is 0 Å². The van der Waals surface area contributed by atoms with E-state index in [1.807, 2.05) is 0 Å². The van der Waals surface area contributed by atoms with Crippen LogP contribution in [0.25, 0.3) is 0 Å². The molecule has 0 unspecified atom stereocenters. The molecule has 0 radical (unpaired) electrons. The fourth-order valence-corrected chi connectivity index (χ4v) is 1.34. The number of rotatable bonds is 0. The van der Waals surface area contributed by atoms with Gasteiger partial charge in [0.2, 0.25) is 0 Å². The summed E-state index contributed by atoms with van der Waals surface area (Å²) in [6.07, 6.45) is 0. The van der Waals surface area contributed by atoms with Crippen LogP contribution < -0.4 is 5.84 Å². The van der Waals surface area contributed by atoms with Crippen molar-refractivity contribution in [2.75, 3.05) is 5.84 Å². The number of halogens is 2. The maximum atomic E-state index is 5.27. The molecular formula is C3H3Br2N3. The minimum atomic E-state index is 0.729. The van der Waals surface area contributed by atoms with Gasteiger partial charge in [-0.05, 0) is 31.9 Å². The number of nitrogen functional groups attached to an aromatic ring is 1. The topological polar surface area (TPSA) is 43.8 Å². The predicted molar refractivity (Wildman–Crippen MR) is 37.8 cm³/mol. The average molecular weight is 241 g/mol. The van der Waals surface area contributed by atoms with Crippen LogP contribution in [0.4, 0.5) is 0 Å². The van der Waals surface area contributed by atoms with Crippen molar-refractivity contribution in [2.45, 2.75) is 0 Å². The Balaban J connectivity index is 3.14. The zero-order chi connectivity index (χ0) is 6.15. The van der Waals surface area contributed by atoms with E-state index in [1.165, 1.54) is 4.79 Å². The van der Waals surface area contributed by atoms with Crippen LogP contribution in [-0.2, 0) is 0 Å². The summed E-state index contributed by atoms with van der Waals surface area (Å²) < 4.78 is 1.48. The Morgan fingerprint density at radius 3 is 2.38 bits per heavy atom. The van der Waals surface area contributed by atoms with Gasteiger partial charge in [0.15, 0.2) is 0 Å². The molecule has 0 amide bonds. The van der Waals surface area contributed by atoms with E-state index in [0.29, 0.717) is 0 Å². The monoisotopic (exact) mass is 239 g/mol. The highest BCUT2D eigenvalue weighted by Crippen LogP contribution is 2.12. The molecule has 44 valence electrons. The normalized spacial score (nSPS) is 9.75. The van der Waals surface area contributed by atoms with Crippen molar-refractivity contribution in [3.05, 3.63) is 15.3 Å². The molecule has 3 nitrogen and oxygen atoms in total. The summed E-state index contributed by atoms with van der Waals surface area (Å²) in [4.78, 5) is 1.24. The molecule has 0 fully saturated rings. The number of nitrogens with zero attached hydrogens (tertiary/aromatic N) is 2. The maximum absolute atomic E-state index is 5.27. The Kier molecular flexibility index (Phi) is 1.57. The summed E-state index contributed by atoms with van der Waals surface area (Å²) in [5, 5.41) is 3.77. The molecular weight excluding hydrogens is 238 g/mol. The van der Waals surface area contributed by atoms with Crippen molar-refractivity contribution in [3.63, 3.8) is 0 Å². The highest BCUT2D eigenvalue weighted by atomic mass is 79.9. The van der Waals surface area contributed by atoms with Crippen molar-refractivity contribution in [3.8, 4) is 0 Å². The molecule has 0 aliphatic heterocycles. The number of hydrogen-bond donors (Lipinski definition) is 1. The van der Waals surface area contributed by atoms with Crippen LogP contribution in [0.2, 0.25) is 0 Å². The van der Waals surface area contributed by atoms with E-state index in [9.17, 15) is 0 Å². The van der Waals surface area contributed by atoms with Crippen LogP contribution in [0.15, 0.2) is 15.3 Å². The lowest BCUT2D eigenvalue weighted by atomic mass is 10.8. The summed E-state index contributed by atoms with van der Waals surface area (Å²) in [6.45, 7) is 0. The molecule has 0 atom stereocenters. The molecule has 0 aromatic carbocycles. The number of nitrogens with two attached hydrogens (primary N) is 1. The van der Waals surface area contributed by atoms with E-state index >= 15 is 0 Å². The van der Waals surface area contributed by atoms with Gasteiger partial charge in [-0.3, -0.25) is 0 Å². The lowest BCUT2D eigenvalue weighted by Crippen LogP contribution is -2.09. The molecule has 0 saturated carbocycles. The molecule has 1 aromatic rings. The van der Waals surface area contributed by atoms with E-state index in [2.05, 4.69) is 37.0 Å². The zero-order valence-electron chi connectivity index (χ0n) is 3.81. The minimum Gasteiger partial charge on any atom is -0.322 e. The van der Waals surface area contributed by atoms with Crippen LogP contribution in [0.1, 0.15) is 0 Å². The minimum absolute atomic E-state index is 0.729. The van der Waals surface area contributed by atoms with E-state index in [0.717, 1.165) is 9.21 Å². The van der Waals surface area contributed by atoms with Gasteiger partial charge in [-0.1, -0.05) is 0 Å². The summed E-state index contributed by atoms with van der Waals surface area (Å²) >= 11 is 6.30. The molecule has 1 rings (SSSR count). The van der Waals surface area contributed by atoms with Gasteiger partial charge < -0.3 is 5.84 Å². The van der Waals surface area contributed by atoms with Crippen molar-refractivity contribution < 1.29 is 0 Å². The molecule has 0 aliphatic rings. The largest absolute Gasteiger partial charge is 0.322 e. The first-order valence-corrected chi connectivity index (χ1v) is 3.45. The van der Waals surface area contributed by atoms with Gasteiger partial charge in [0, 0.05) is 6.07 Å². The third kappa shape index (κ3) is 1.03. The summed E-state index contributed by atoms with van der Waals surface area (Å²) in [5.74, 6) is 5.27. The summed E-state index contributed by atoms with van der Waals surface area (Å²) in [5.41, 5.74) is 0. The van der Waals surface area contributed by atoms with E-state index < -0.39 is 0 Å². The van der Waals surface area contributed by atoms with Crippen molar-refractivity contribution in [2.24, 2.45) is 0 Å². The second-order valence-corrected chi connectivity index (χ2v) is 2.86. The average Bonchev–Trinajstić information content (AvgIpc) is 1.85. The van der Waals surface area contributed by atoms with Gasteiger partial charge in [-0.2, -0.15) is 4.79 Å². The molecule has 8 heavy (non-hydrogen) atoms. The predicted octanol–water partition coefficient (Wildman–Crippen LogP) is 1.12. The highest BCUT2D eigenvalue weighted by molar-refractivity contribution is 9.11. The number of aromatic nitrogens is 2. The Hall–Kier alpha value is -0.0300. The smallest absolute Gasteiger partial charge is 0.131 e. The highest BCUT2D eigenvalue weighted by Gasteiger charge is 1.96. The van der Waals surface area contributed by atoms with E-state index in [4.69, 9.17) is 5.84 Å². The standard InChI is InChI=1S/C3H3Br2N3/c4-2-1-3(5)8(6)7-2/h1H,6H2. The number of hydrogen-bond acceptors (Lipinski definition) is 2.